The summed E-state index contributed by atoms with van der Waals surface area (Å²) in [5.74, 6) is 0. The molecule has 0 aliphatic rings. The van der Waals surface area contributed by atoms with Gasteiger partial charge in [-0.15, -0.1) is 16.2 Å². The normalized spacial score (nSPS) is 10.9. The van der Waals surface area contributed by atoms with E-state index in [-0.39, 0.29) is 0 Å². The fraction of sp³-hybridized carbons (Fsp3) is 0. The zero-order valence-electron chi connectivity index (χ0n) is 7.81. The minimum Gasteiger partial charge on any atom is -0.145 e. The number of thiophene rings is 1. The molecule has 3 aromatic rings. The molecule has 3 heteroatoms. The first-order valence-corrected chi connectivity index (χ1v) is 5.45. The molecule has 0 unspecified atom stereocenters. The Kier molecular flexibility index (Phi) is 1.79. The van der Waals surface area contributed by atoms with Gasteiger partial charge in [0, 0.05) is 15.5 Å². The average molecular weight is 213 g/mol. The largest absolute Gasteiger partial charge is 0.145 e. The number of hydrogen-bond donors (Lipinski definition) is 0. The highest BCUT2D eigenvalue weighted by Gasteiger charge is 2.07. The third kappa shape index (κ3) is 1.17. The summed E-state index contributed by atoms with van der Waals surface area (Å²) in [4.78, 5) is 10.7. The summed E-state index contributed by atoms with van der Waals surface area (Å²) in [5.41, 5.74) is 0.536. The van der Waals surface area contributed by atoms with Crippen molar-refractivity contribution >= 4 is 37.2 Å². The number of hydrogen-bond acceptors (Lipinski definition) is 3. The van der Waals surface area contributed by atoms with E-state index in [0.717, 1.165) is 10.1 Å². The highest BCUT2D eigenvalue weighted by atomic mass is 32.1. The van der Waals surface area contributed by atoms with E-state index in [1.807, 2.05) is 24.3 Å². The Labute approximate surface area is 90.1 Å². The Hall–Kier alpha value is -1.74. The third-order valence-electron chi connectivity index (χ3n) is 2.48. The van der Waals surface area contributed by atoms with Crippen LogP contribution in [-0.4, -0.2) is 0 Å². The topological polar surface area (TPSA) is 29.4 Å². The molecule has 2 nitrogen and oxygen atoms in total. The average Bonchev–Trinajstić information content (AvgIpc) is 2.67. The fourth-order valence-corrected chi connectivity index (χ4v) is 2.96. The van der Waals surface area contributed by atoms with Gasteiger partial charge in [0.2, 0.25) is 0 Å². The van der Waals surface area contributed by atoms with Crippen LogP contribution in [0.2, 0.25) is 0 Å². The quantitative estimate of drug-likeness (QED) is 0.549. The van der Waals surface area contributed by atoms with Crippen molar-refractivity contribution in [2.24, 2.45) is 5.18 Å². The minimum absolute atomic E-state index is 0.536. The Morgan fingerprint density at radius 1 is 0.933 bits per heavy atom. The second-order valence-corrected chi connectivity index (χ2v) is 4.40. The van der Waals surface area contributed by atoms with Crippen molar-refractivity contribution in [3.63, 3.8) is 0 Å². The Morgan fingerprint density at radius 2 is 1.73 bits per heavy atom. The van der Waals surface area contributed by atoms with E-state index < -0.39 is 0 Å². The van der Waals surface area contributed by atoms with Crippen LogP contribution in [-0.2, 0) is 0 Å². The van der Waals surface area contributed by atoms with E-state index in [4.69, 9.17) is 0 Å². The monoisotopic (exact) mass is 213 g/mol. The van der Waals surface area contributed by atoms with Crippen molar-refractivity contribution in [1.29, 1.82) is 0 Å². The maximum absolute atomic E-state index is 10.7. The molecule has 1 aromatic heterocycles. The lowest BCUT2D eigenvalue weighted by atomic mass is 10.1. The highest BCUT2D eigenvalue weighted by Crippen LogP contribution is 2.38. The molecule has 0 aliphatic carbocycles. The molecule has 0 radical (unpaired) electrons. The summed E-state index contributed by atoms with van der Waals surface area (Å²) in [6.07, 6.45) is 0. The lowest BCUT2D eigenvalue weighted by molar-refractivity contribution is 1.56. The molecule has 0 atom stereocenters. The van der Waals surface area contributed by atoms with Gasteiger partial charge < -0.3 is 0 Å². The predicted octanol–water partition coefficient (Wildman–Crippen LogP) is 4.45. The SMILES string of the molecule is O=Nc1cccc2c1sc1ccccc12. The van der Waals surface area contributed by atoms with E-state index in [9.17, 15) is 4.91 Å². The Bertz CT molecular complexity index is 657. The van der Waals surface area contributed by atoms with Gasteiger partial charge in [0.05, 0.1) is 4.70 Å². The smallest absolute Gasteiger partial charge is 0.125 e. The van der Waals surface area contributed by atoms with Crippen LogP contribution in [0, 0.1) is 4.91 Å². The van der Waals surface area contributed by atoms with E-state index in [2.05, 4.69) is 17.3 Å². The summed E-state index contributed by atoms with van der Waals surface area (Å²) in [7, 11) is 0. The molecule has 0 amide bonds. The predicted molar refractivity (Wildman–Crippen MR) is 64.8 cm³/mol. The summed E-state index contributed by atoms with van der Waals surface area (Å²) >= 11 is 1.62. The molecule has 3 rings (SSSR count). The number of fused-ring (bicyclic) bond motifs is 3. The molecular weight excluding hydrogens is 206 g/mol. The number of benzene rings is 2. The van der Waals surface area contributed by atoms with E-state index in [1.54, 1.807) is 17.4 Å². The van der Waals surface area contributed by atoms with Crippen molar-refractivity contribution in [2.45, 2.75) is 0 Å². The van der Waals surface area contributed by atoms with Gasteiger partial charge in [-0.1, -0.05) is 30.3 Å². The minimum atomic E-state index is 0.536. The van der Waals surface area contributed by atoms with E-state index >= 15 is 0 Å². The standard InChI is InChI=1S/C12H7NOS/c14-13-10-6-3-5-9-8-4-1-2-7-11(8)15-12(9)10/h1-7H. The second-order valence-electron chi connectivity index (χ2n) is 3.34. The number of nitrogens with zero attached hydrogens (tertiary/aromatic N) is 1. The molecule has 15 heavy (non-hydrogen) atoms. The third-order valence-corrected chi connectivity index (χ3v) is 3.69. The van der Waals surface area contributed by atoms with Gasteiger partial charge in [-0.3, -0.25) is 0 Å². The van der Waals surface area contributed by atoms with Crippen LogP contribution in [0.1, 0.15) is 0 Å². The van der Waals surface area contributed by atoms with Crippen LogP contribution in [0.25, 0.3) is 20.2 Å². The molecule has 72 valence electrons. The van der Waals surface area contributed by atoms with Gasteiger partial charge in [-0.25, -0.2) is 0 Å². The first kappa shape index (κ1) is 8.56. The molecule has 0 saturated heterocycles. The highest BCUT2D eigenvalue weighted by molar-refractivity contribution is 7.26. The molecule has 0 spiro atoms. The zero-order valence-corrected chi connectivity index (χ0v) is 8.62. The lowest BCUT2D eigenvalue weighted by Crippen LogP contribution is -1.65. The van der Waals surface area contributed by atoms with Crippen molar-refractivity contribution < 1.29 is 0 Å². The van der Waals surface area contributed by atoms with Gasteiger partial charge in [0.15, 0.2) is 0 Å². The van der Waals surface area contributed by atoms with Crippen molar-refractivity contribution in [2.75, 3.05) is 0 Å². The van der Waals surface area contributed by atoms with Crippen molar-refractivity contribution in [3.05, 3.63) is 47.4 Å². The van der Waals surface area contributed by atoms with Crippen LogP contribution in [0.4, 0.5) is 5.69 Å². The van der Waals surface area contributed by atoms with Gasteiger partial charge in [0.1, 0.15) is 5.69 Å². The first-order chi connectivity index (χ1) is 7.40. The van der Waals surface area contributed by atoms with Gasteiger partial charge in [-0.2, -0.15) is 0 Å². The van der Waals surface area contributed by atoms with Gasteiger partial charge in [-0.05, 0) is 17.3 Å². The molecule has 0 saturated carbocycles. The summed E-state index contributed by atoms with van der Waals surface area (Å²) in [6.45, 7) is 0. The van der Waals surface area contributed by atoms with Crippen LogP contribution in [0.15, 0.2) is 47.6 Å². The molecule has 0 aliphatic heterocycles. The second kappa shape index (κ2) is 3.14. The van der Waals surface area contributed by atoms with Crippen molar-refractivity contribution in [3.8, 4) is 0 Å². The number of rotatable bonds is 1. The summed E-state index contributed by atoms with van der Waals surface area (Å²) < 4.78 is 2.18. The maximum Gasteiger partial charge on any atom is 0.125 e. The zero-order chi connectivity index (χ0) is 10.3. The molecule has 0 bridgehead atoms. The summed E-state index contributed by atoms with van der Waals surface area (Å²) in [5, 5.41) is 5.37. The molecule has 0 fully saturated rings. The van der Waals surface area contributed by atoms with E-state index in [0.29, 0.717) is 5.69 Å². The van der Waals surface area contributed by atoms with Gasteiger partial charge in [0.25, 0.3) is 0 Å². The maximum atomic E-state index is 10.7. The van der Waals surface area contributed by atoms with Crippen molar-refractivity contribution in [1.82, 2.24) is 0 Å². The van der Waals surface area contributed by atoms with Crippen LogP contribution >= 0.6 is 11.3 Å². The van der Waals surface area contributed by atoms with E-state index in [1.165, 1.54) is 10.1 Å². The van der Waals surface area contributed by atoms with Crippen LogP contribution in [0.5, 0.6) is 0 Å². The lowest BCUT2D eigenvalue weighted by Gasteiger charge is -1.91. The molecular formula is C12H7NOS. The first-order valence-electron chi connectivity index (χ1n) is 4.64. The van der Waals surface area contributed by atoms with Crippen LogP contribution in [0.3, 0.4) is 0 Å². The Morgan fingerprint density at radius 3 is 2.60 bits per heavy atom. The summed E-state index contributed by atoms with van der Waals surface area (Å²) in [6, 6.07) is 13.8. The Balaban J connectivity index is 2.59. The fourth-order valence-electron chi connectivity index (χ4n) is 1.80. The molecule has 2 aromatic carbocycles. The van der Waals surface area contributed by atoms with Gasteiger partial charge >= 0.3 is 0 Å². The van der Waals surface area contributed by atoms with Crippen LogP contribution < -0.4 is 0 Å². The number of nitroso groups, excluding NO2 is 1. The molecule has 0 N–H and O–H groups in total. The molecule has 1 heterocycles.